The zero-order valence-corrected chi connectivity index (χ0v) is 7.61. The first kappa shape index (κ1) is 10.6. The smallest absolute Gasteiger partial charge is 0.308 e. The van der Waals surface area contributed by atoms with Gasteiger partial charge in [-0.15, -0.1) is 0 Å². The molecule has 1 unspecified atom stereocenters. The molecule has 0 saturated carbocycles. The summed E-state index contributed by atoms with van der Waals surface area (Å²) in [5.74, 6) is -1.10. The number of rotatable bonds is 3. The SMILES string of the molecule is COC(=O)CC(O)c1cncc(F)c1. The van der Waals surface area contributed by atoms with Gasteiger partial charge in [0.2, 0.25) is 0 Å². The number of ether oxygens (including phenoxy) is 1. The largest absolute Gasteiger partial charge is 0.469 e. The van der Waals surface area contributed by atoms with Crippen LogP contribution in [-0.4, -0.2) is 23.2 Å². The number of hydrogen-bond acceptors (Lipinski definition) is 4. The number of carbonyl (C=O) groups excluding carboxylic acids is 1. The Morgan fingerprint density at radius 2 is 2.43 bits per heavy atom. The maximum atomic E-state index is 12.7. The van der Waals surface area contributed by atoms with Gasteiger partial charge in [-0.25, -0.2) is 4.39 Å². The highest BCUT2D eigenvalue weighted by Crippen LogP contribution is 2.16. The Balaban J connectivity index is 2.69. The van der Waals surface area contributed by atoms with Crippen LogP contribution >= 0.6 is 0 Å². The van der Waals surface area contributed by atoms with Gasteiger partial charge in [0.05, 0.1) is 25.8 Å². The fraction of sp³-hybridized carbons (Fsp3) is 0.333. The van der Waals surface area contributed by atoms with Gasteiger partial charge in [-0.1, -0.05) is 0 Å². The van der Waals surface area contributed by atoms with E-state index >= 15 is 0 Å². The predicted octanol–water partition coefficient (Wildman–Crippen LogP) is 0.817. The summed E-state index contributed by atoms with van der Waals surface area (Å²) in [5, 5.41) is 9.44. The van der Waals surface area contributed by atoms with Gasteiger partial charge in [-0.2, -0.15) is 0 Å². The maximum Gasteiger partial charge on any atom is 0.308 e. The first-order valence-corrected chi connectivity index (χ1v) is 3.99. The van der Waals surface area contributed by atoms with Gasteiger partial charge < -0.3 is 9.84 Å². The van der Waals surface area contributed by atoms with Gasteiger partial charge in [-0.3, -0.25) is 9.78 Å². The van der Waals surface area contributed by atoms with Crippen LogP contribution in [0.15, 0.2) is 18.5 Å². The zero-order chi connectivity index (χ0) is 10.6. The molecule has 14 heavy (non-hydrogen) atoms. The van der Waals surface area contributed by atoms with Gasteiger partial charge in [-0.05, 0) is 6.07 Å². The number of carbonyl (C=O) groups is 1. The van der Waals surface area contributed by atoms with Crippen LogP contribution in [0.1, 0.15) is 18.1 Å². The number of pyridine rings is 1. The Kier molecular flexibility index (Phi) is 3.53. The van der Waals surface area contributed by atoms with Crippen molar-refractivity contribution in [1.82, 2.24) is 4.98 Å². The number of halogens is 1. The molecule has 1 heterocycles. The molecule has 1 aromatic rings. The fourth-order valence-electron chi connectivity index (χ4n) is 0.970. The van der Waals surface area contributed by atoms with Crippen molar-refractivity contribution in [2.45, 2.75) is 12.5 Å². The van der Waals surface area contributed by atoms with Crippen LogP contribution in [0, 0.1) is 5.82 Å². The summed E-state index contributed by atoms with van der Waals surface area (Å²) >= 11 is 0. The Morgan fingerprint density at radius 3 is 3.00 bits per heavy atom. The number of esters is 1. The van der Waals surface area contributed by atoms with E-state index < -0.39 is 17.9 Å². The molecule has 0 bridgehead atoms. The van der Waals surface area contributed by atoms with Crippen molar-refractivity contribution >= 4 is 5.97 Å². The number of nitrogens with zero attached hydrogens (tertiary/aromatic N) is 1. The summed E-state index contributed by atoms with van der Waals surface area (Å²) < 4.78 is 17.0. The monoisotopic (exact) mass is 199 g/mol. The molecule has 0 saturated heterocycles. The van der Waals surface area contributed by atoms with Gasteiger partial charge in [0.1, 0.15) is 5.82 Å². The topological polar surface area (TPSA) is 59.4 Å². The average molecular weight is 199 g/mol. The lowest BCUT2D eigenvalue weighted by Gasteiger charge is -2.08. The average Bonchev–Trinajstić information content (AvgIpc) is 2.17. The summed E-state index contributed by atoms with van der Waals surface area (Å²) in [6.07, 6.45) is 1.04. The van der Waals surface area contributed by atoms with Crippen molar-refractivity contribution in [2.75, 3.05) is 7.11 Å². The van der Waals surface area contributed by atoms with Crippen LogP contribution in [0.4, 0.5) is 4.39 Å². The normalized spacial score (nSPS) is 12.2. The summed E-state index contributed by atoms with van der Waals surface area (Å²) in [5.41, 5.74) is 0.260. The molecular formula is C9H10FNO3. The molecule has 4 nitrogen and oxygen atoms in total. The Morgan fingerprint density at radius 1 is 1.71 bits per heavy atom. The third kappa shape index (κ3) is 2.77. The zero-order valence-electron chi connectivity index (χ0n) is 7.61. The van der Waals surface area contributed by atoms with Crippen molar-refractivity contribution in [3.8, 4) is 0 Å². The van der Waals surface area contributed by atoms with Gasteiger partial charge in [0.25, 0.3) is 0 Å². The Labute approximate surface area is 80.3 Å². The second kappa shape index (κ2) is 4.66. The first-order chi connectivity index (χ1) is 6.63. The van der Waals surface area contributed by atoms with Gasteiger partial charge >= 0.3 is 5.97 Å². The van der Waals surface area contributed by atoms with Crippen LogP contribution in [0.25, 0.3) is 0 Å². The maximum absolute atomic E-state index is 12.7. The second-order valence-electron chi connectivity index (χ2n) is 2.73. The molecule has 0 spiro atoms. The highest BCUT2D eigenvalue weighted by Gasteiger charge is 2.13. The minimum Gasteiger partial charge on any atom is -0.469 e. The minimum absolute atomic E-state index is 0.207. The molecule has 0 radical (unpaired) electrons. The van der Waals surface area contributed by atoms with E-state index in [1.807, 2.05) is 0 Å². The van der Waals surface area contributed by atoms with Crippen LogP contribution in [0.3, 0.4) is 0 Å². The summed E-state index contributed by atoms with van der Waals surface area (Å²) in [4.78, 5) is 14.3. The van der Waals surface area contributed by atoms with E-state index in [1.165, 1.54) is 13.3 Å². The molecule has 76 valence electrons. The fourth-order valence-corrected chi connectivity index (χ4v) is 0.970. The van der Waals surface area contributed by atoms with E-state index in [9.17, 15) is 14.3 Å². The minimum atomic E-state index is -1.08. The molecule has 1 aromatic heterocycles. The molecule has 5 heteroatoms. The molecule has 1 N–H and O–H groups in total. The molecule has 0 aliphatic rings. The first-order valence-electron chi connectivity index (χ1n) is 3.99. The molecule has 0 amide bonds. The third-order valence-electron chi connectivity index (χ3n) is 1.70. The Bertz CT molecular complexity index is 330. The van der Waals surface area contributed by atoms with Crippen molar-refractivity contribution < 1.29 is 19.0 Å². The standard InChI is InChI=1S/C9H10FNO3/c1-14-9(13)3-8(12)6-2-7(10)5-11-4-6/h2,4-5,8,12H,3H2,1H3. The summed E-state index contributed by atoms with van der Waals surface area (Å²) in [7, 11) is 1.22. The molecule has 0 fully saturated rings. The molecule has 1 atom stereocenters. The van der Waals surface area contributed by atoms with Crippen LogP contribution in [-0.2, 0) is 9.53 Å². The summed E-state index contributed by atoms with van der Waals surface area (Å²) in [6, 6.07) is 1.13. The van der Waals surface area contributed by atoms with E-state index in [0.717, 1.165) is 12.3 Å². The van der Waals surface area contributed by atoms with Crippen LogP contribution < -0.4 is 0 Å². The molecule has 1 rings (SSSR count). The highest BCUT2D eigenvalue weighted by molar-refractivity contribution is 5.69. The van der Waals surface area contributed by atoms with Gasteiger partial charge in [0, 0.05) is 11.8 Å². The number of aliphatic hydroxyl groups is 1. The van der Waals surface area contributed by atoms with Crippen molar-refractivity contribution in [3.05, 3.63) is 29.8 Å². The lowest BCUT2D eigenvalue weighted by molar-refractivity contribution is -0.142. The van der Waals surface area contributed by atoms with Gasteiger partial charge in [0.15, 0.2) is 0 Å². The lowest BCUT2D eigenvalue weighted by Crippen LogP contribution is -2.08. The Hall–Kier alpha value is -1.49. The van der Waals surface area contributed by atoms with Crippen LogP contribution in [0.2, 0.25) is 0 Å². The van der Waals surface area contributed by atoms with E-state index in [0.29, 0.717) is 0 Å². The summed E-state index contributed by atoms with van der Waals surface area (Å²) in [6.45, 7) is 0. The van der Waals surface area contributed by atoms with E-state index in [2.05, 4.69) is 9.72 Å². The molecule has 0 aliphatic carbocycles. The number of methoxy groups -OCH3 is 1. The number of aromatic nitrogens is 1. The number of hydrogen-bond donors (Lipinski definition) is 1. The molecule has 0 aromatic carbocycles. The number of aliphatic hydroxyl groups excluding tert-OH is 1. The highest BCUT2D eigenvalue weighted by atomic mass is 19.1. The second-order valence-corrected chi connectivity index (χ2v) is 2.73. The van der Waals surface area contributed by atoms with E-state index in [4.69, 9.17) is 0 Å². The van der Waals surface area contributed by atoms with Crippen molar-refractivity contribution in [3.63, 3.8) is 0 Å². The quantitative estimate of drug-likeness (QED) is 0.732. The van der Waals surface area contributed by atoms with Crippen LogP contribution in [0.5, 0.6) is 0 Å². The predicted molar refractivity (Wildman–Crippen MR) is 45.8 cm³/mol. The van der Waals surface area contributed by atoms with E-state index in [-0.39, 0.29) is 12.0 Å². The lowest BCUT2D eigenvalue weighted by atomic mass is 10.1. The van der Waals surface area contributed by atoms with Crippen molar-refractivity contribution in [2.24, 2.45) is 0 Å². The third-order valence-corrected chi connectivity index (χ3v) is 1.70. The molecule has 0 aliphatic heterocycles. The molecular weight excluding hydrogens is 189 g/mol. The van der Waals surface area contributed by atoms with Crippen molar-refractivity contribution in [1.29, 1.82) is 0 Å². The van der Waals surface area contributed by atoms with E-state index in [1.54, 1.807) is 0 Å².